The lowest BCUT2D eigenvalue weighted by molar-refractivity contribution is -0.135. The van der Waals surface area contributed by atoms with Crippen LogP contribution in [0.15, 0.2) is 0 Å². The molecule has 1 rings (SSSR count). The lowest BCUT2D eigenvalue weighted by atomic mass is 9.81. The van der Waals surface area contributed by atoms with Crippen LogP contribution in [0.2, 0.25) is 0 Å². The fraction of sp³-hybridized carbons (Fsp3) is 1.00. The van der Waals surface area contributed by atoms with Crippen molar-refractivity contribution in [2.45, 2.75) is 77.4 Å². The van der Waals surface area contributed by atoms with Gasteiger partial charge in [-0.25, -0.2) is 0 Å². The van der Waals surface area contributed by atoms with Crippen molar-refractivity contribution in [3.63, 3.8) is 0 Å². The Morgan fingerprint density at radius 3 is 2.53 bits per heavy atom. The van der Waals surface area contributed by atoms with Crippen LogP contribution in [-0.2, 0) is 0 Å². The predicted octanol–water partition coefficient (Wildman–Crippen LogP) is 4.91. The standard InChI is InChI=1S/C15H28F3N/c1-12(2)10-13-6-5-7-14(11-13)19-9-4-3-8-15(16,17)18/h12-14,19H,3-11H2,1-2H3. The van der Waals surface area contributed by atoms with E-state index in [0.29, 0.717) is 12.5 Å². The summed E-state index contributed by atoms with van der Waals surface area (Å²) in [6, 6.07) is 0.531. The molecular formula is C15H28F3N. The van der Waals surface area contributed by atoms with Gasteiger partial charge in [0, 0.05) is 12.5 Å². The van der Waals surface area contributed by atoms with Gasteiger partial charge in [-0.2, -0.15) is 13.2 Å². The summed E-state index contributed by atoms with van der Waals surface area (Å²) >= 11 is 0. The summed E-state index contributed by atoms with van der Waals surface area (Å²) in [7, 11) is 0. The van der Waals surface area contributed by atoms with Gasteiger partial charge in [-0.3, -0.25) is 0 Å². The van der Waals surface area contributed by atoms with E-state index in [2.05, 4.69) is 19.2 Å². The maximum atomic E-state index is 12.0. The van der Waals surface area contributed by atoms with Gasteiger partial charge in [-0.05, 0) is 50.5 Å². The van der Waals surface area contributed by atoms with Crippen molar-refractivity contribution in [2.24, 2.45) is 11.8 Å². The van der Waals surface area contributed by atoms with E-state index < -0.39 is 12.6 Å². The van der Waals surface area contributed by atoms with E-state index in [1.807, 2.05) is 0 Å². The van der Waals surface area contributed by atoms with Gasteiger partial charge in [0.05, 0.1) is 0 Å². The van der Waals surface area contributed by atoms with Crippen LogP contribution in [0.4, 0.5) is 13.2 Å². The summed E-state index contributed by atoms with van der Waals surface area (Å²) in [6.07, 6.45) is 2.51. The van der Waals surface area contributed by atoms with Gasteiger partial charge in [-0.1, -0.05) is 26.7 Å². The molecule has 0 aromatic rings. The van der Waals surface area contributed by atoms with Crippen molar-refractivity contribution >= 4 is 0 Å². The topological polar surface area (TPSA) is 12.0 Å². The van der Waals surface area contributed by atoms with Crippen molar-refractivity contribution < 1.29 is 13.2 Å². The van der Waals surface area contributed by atoms with Gasteiger partial charge in [0.1, 0.15) is 0 Å². The molecule has 0 amide bonds. The number of nitrogens with one attached hydrogen (secondary N) is 1. The van der Waals surface area contributed by atoms with Crippen LogP contribution in [-0.4, -0.2) is 18.8 Å². The van der Waals surface area contributed by atoms with Gasteiger partial charge < -0.3 is 5.32 Å². The first-order valence-electron chi connectivity index (χ1n) is 7.67. The fourth-order valence-corrected chi connectivity index (χ4v) is 3.11. The molecule has 1 aliphatic carbocycles. The molecule has 1 N–H and O–H groups in total. The molecule has 0 heterocycles. The molecule has 0 aromatic carbocycles. The number of hydrogen-bond acceptors (Lipinski definition) is 1. The Kier molecular flexibility index (Phi) is 7.19. The highest BCUT2D eigenvalue weighted by molar-refractivity contribution is 4.78. The van der Waals surface area contributed by atoms with Crippen LogP contribution in [0.1, 0.15) is 65.2 Å². The molecule has 19 heavy (non-hydrogen) atoms. The zero-order chi connectivity index (χ0) is 14.3. The molecule has 0 aliphatic heterocycles. The van der Waals surface area contributed by atoms with Crippen molar-refractivity contribution in [1.29, 1.82) is 0 Å². The van der Waals surface area contributed by atoms with Gasteiger partial charge >= 0.3 is 6.18 Å². The SMILES string of the molecule is CC(C)CC1CCCC(NCCCCC(F)(F)F)C1. The van der Waals surface area contributed by atoms with Crippen molar-refractivity contribution in [2.75, 3.05) is 6.54 Å². The zero-order valence-electron chi connectivity index (χ0n) is 12.2. The third-order valence-corrected chi connectivity index (χ3v) is 3.91. The lowest BCUT2D eigenvalue weighted by Crippen LogP contribution is -2.35. The minimum Gasteiger partial charge on any atom is -0.314 e. The molecule has 2 atom stereocenters. The van der Waals surface area contributed by atoms with Crippen LogP contribution in [0.3, 0.4) is 0 Å². The van der Waals surface area contributed by atoms with Crippen molar-refractivity contribution in [1.82, 2.24) is 5.32 Å². The normalized spacial score (nSPS) is 24.9. The molecule has 0 aromatic heterocycles. The van der Waals surface area contributed by atoms with E-state index in [4.69, 9.17) is 0 Å². The van der Waals surface area contributed by atoms with Crippen LogP contribution < -0.4 is 5.32 Å². The Bertz CT molecular complexity index is 238. The zero-order valence-corrected chi connectivity index (χ0v) is 12.2. The van der Waals surface area contributed by atoms with Gasteiger partial charge in [0.25, 0.3) is 0 Å². The average molecular weight is 279 g/mol. The Morgan fingerprint density at radius 2 is 1.89 bits per heavy atom. The molecule has 0 radical (unpaired) electrons. The summed E-state index contributed by atoms with van der Waals surface area (Å²) in [6.45, 7) is 5.25. The number of hydrogen-bond donors (Lipinski definition) is 1. The second kappa shape index (κ2) is 8.13. The summed E-state index contributed by atoms with van der Waals surface area (Å²) in [5.74, 6) is 1.55. The van der Waals surface area contributed by atoms with E-state index in [0.717, 1.165) is 18.4 Å². The Labute approximate surface area is 115 Å². The first kappa shape index (κ1) is 16.8. The second-order valence-corrected chi connectivity index (χ2v) is 6.39. The van der Waals surface area contributed by atoms with E-state index in [1.165, 1.54) is 32.1 Å². The Balaban J connectivity index is 2.09. The first-order valence-corrected chi connectivity index (χ1v) is 7.67. The number of halogens is 3. The van der Waals surface area contributed by atoms with Crippen LogP contribution in [0.25, 0.3) is 0 Å². The number of unbranched alkanes of at least 4 members (excludes halogenated alkanes) is 1. The Morgan fingerprint density at radius 1 is 1.16 bits per heavy atom. The number of rotatable bonds is 7. The van der Waals surface area contributed by atoms with Crippen LogP contribution in [0, 0.1) is 11.8 Å². The molecule has 2 unspecified atom stereocenters. The molecule has 1 fully saturated rings. The Hall–Kier alpha value is -0.250. The summed E-state index contributed by atoms with van der Waals surface area (Å²) in [5.41, 5.74) is 0. The fourth-order valence-electron chi connectivity index (χ4n) is 3.11. The third-order valence-electron chi connectivity index (χ3n) is 3.91. The molecule has 1 aliphatic rings. The first-order chi connectivity index (χ1) is 8.87. The summed E-state index contributed by atoms with van der Waals surface area (Å²) in [5, 5.41) is 3.44. The predicted molar refractivity (Wildman–Crippen MR) is 73.1 cm³/mol. The second-order valence-electron chi connectivity index (χ2n) is 6.39. The molecule has 0 bridgehead atoms. The highest BCUT2D eigenvalue weighted by atomic mass is 19.4. The molecule has 0 saturated heterocycles. The maximum absolute atomic E-state index is 12.0. The largest absolute Gasteiger partial charge is 0.389 e. The molecule has 114 valence electrons. The minimum absolute atomic E-state index is 0.249. The van der Waals surface area contributed by atoms with Gasteiger partial charge in [0.15, 0.2) is 0 Å². The molecular weight excluding hydrogens is 251 g/mol. The molecule has 0 spiro atoms. The van der Waals surface area contributed by atoms with Crippen LogP contribution in [0.5, 0.6) is 0 Å². The smallest absolute Gasteiger partial charge is 0.314 e. The molecule has 1 nitrogen and oxygen atoms in total. The summed E-state index contributed by atoms with van der Waals surface area (Å²) < 4.78 is 36.0. The van der Waals surface area contributed by atoms with E-state index in [-0.39, 0.29) is 6.42 Å². The van der Waals surface area contributed by atoms with Crippen molar-refractivity contribution in [3.8, 4) is 0 Å². The van der Waals surface area contributed by atoms with E-state index in [1.54, 1.807) is 0 Å². The number of alkyl halides is 3. The molecule has 1 saturated carbocycles. The minimum atomic E-state index is -3.99. The summed E-state index contributed by atoms with van der Waals surface area (Å²) in [4.78, 5) is 0. The van der Waals surface area contributed by atoms with Crippen LogP contribution >= 0.6 is 0 Å². The quantitative estimate of drug-likeness (QED) is 0.653. The van der Waals surface area contributed by atoms with E-state index >= 15 is 0 Å². The van der Waals surface area contributed by atoms with E-state index in [9.17, 15) is 13.2 Å². The van der Waals surface area contributed by atoms with Gasteiger partial charge in [0.2, 0.25) is 0 Å². The maximum Gasteiger partial charge on any atom is 0.389 e. The third kappa shape index (κ3) is 8.51. The highest BCUT2D eigenvalue weighted by Crippen LogP contribution is 2.29. The van der Waals surface area contributed by atoms with Crippen molar-refractivity contribution in [3.05, 3.63) is 0 Å². The molecule has 4 heteroatoms. The highest BCUT2D eigenvalue weighted by Gasteiger charge is 2.26. The lowest BCUT2D eigenvalue weighted by Gasteiger charge is -2.31. The van der Waals surface area contributed by atoms with Gasteiger partial charge in [-0.15, -0.1) is 0 Å². The average Bonchev–Trinajstić information content (AvgIpc) is 2.26. The monoisotopic (exact) mass is 279 g/mol.